The third-order valence-corrected chi connectivity index (χ3v) is 26.3. The van der Waals surface area contributed by atoms with E-state index in [0.717, 1.165) is 189 Å². The number of rotatable bonds is 22. The maximum absolute atomic E-state index is 14.6. The minimum absolute atomic E-state index is 0.199. The van der Waals surface area contributed by atoms with Crippen molar-refractivity contribution < 1.29 is 47.5 Å². The van der Waals surface area contributed by atoms with E-state index in [2.05, 4.69) is 120 Å². The Bertz CT molecular complexity index is 5990. The molecule has 0 atom stereocenters. The van der Waals surface area contributed by atoms with Crippen LogP contribution in [0.15, 0.2) is 195 Å². The standard InChI is InChI=1S/C38H45N7O4.C34H38N6O3.C33H37N7O3/c1-26-7-6-8-27(2)36(26)44-25-29-24-39-35(40-37(29)45(38(44)46)33-10-9-32(47-4)23-34(33)48-5)21-28-19-30(42-13-11-41(3)12-14-42)22-31(20-28)43-15-17-49-18-16-43;1-23-7-6-8-24(2)32(23)39-22-26-21-35-31(19-25-9-11-27(12-10-25)38-17-15-37(3)16-18-38)36-33(26)40(34(39)41)29-14-13-28(42-4)20-30(29)43-5;1-22-7-6-8-23(2)30(22)39-21-24-20-34-32(35-25-9-11-26(12-10-25)38-17-15-37(3)16-18-38)36-31(24)40(33(39)41)28-14-13-27(42-4)19-29(28)43-5/h6-10,19-20,22-24H,11-18,21,25H2,1-5H3;6-14,20-21H,15-19,22H2,1-5H3;6-14,19-20H,15-18,21H2,1-5H3,(H,34,35,36). The number of likely N-dealkylation sites (N-methyl/N-ethyl adjacent to an activating group) is 3. The minimum Gasteiger partial charge on any atom is -0.497 e. The van der Waals surface area contributed by atoms with Crippen molar-refractivity contribution in [2.24, 2.45) is 0 Å². The van der Waals surface area contributed by atoms with Crippen LogP contribution in [0.25, 0.3) is 0 Å². The number of urea groups is 3. The van der Waals surface area contributed by atoms with Gasteiger partial charge in [0.2, 0.25) is 5.95 Å². The van der Waals surface area contributed by atoms with E-state index in [0.29, 0.717) is 119 Å². The Kier molecular flexibility index (Phi) is 28.1. The average molecular weight is 1820 g/mol. The summed E-state index contributed by atoms with van der Waals surface area (Å²) in [5.41, 5.74) is 21.0. The highest BCUT2D eigenvalue weighted by atomic mass is 16.5. The van der Waals surface area contributed by atoms with Crippen LogP contribution in [-0.4, -0.2) is 231 Å². The van der Waals surface area contributed by atoms with Crippen molar-refractivity contribution in [2.75, 3.05) is 223 Å². The van der Waals surface area contributed by atoms with Crippen LogP contribution in [0.4, 0.5) is 100 Å². The molecule has 135 heavy (non-hydrogen) atoms. The lowest BCUT2D eigenvalue weighted by atomic mass is 10.1. The fourth-order valence-electron chi connectivity index (χ4n) is 18.8. The number of morpholine rings is 1. The normalized spacial score (nSPS) is 16.0. The number of methoxy groups -OCH3 is 6. The molecule has 12 aromatic rings. The SMILES string of the molecule is COc1ccc(N2C(=O)N(c3c(C)cccc3C)Cc3cnc(Cc4cc(N5CCOCC5)cc(N5CCN(C)CC5)c4)nc32)c(OC)c1.COc1ccc(N2C(=O)N(c3c(C)cccc3C)Cc3cnc(Cc4ccc(N5CCN(C)CC5)cc4)nc32)c(OC)c1.COc1ccc(N2C(=O)N(c3c(C)cccc3C)Cc3cnc(Nc4ccc(N5CCN(C)CC5)cc4)nc32)c(OC)c1. The number of nitrogens with zero attached hydrogens (tertiary/aromatic N) is 19. The summed E-state index contributed by atoms with van der Waals surface area (Å²) in [5, 5.41) is 3.33. The Morgan fingerprint density at radius 2 is 0.659 bits per heavy atom. The van der Waals surface area contributed by atoms with Crippen LogP contribution in [0, 0.1) is 41.5 Å². The van der Waals surface area contributed by atoms with E-state index in [-0.39, 0.29) is 18.1 Å². The zero-order chi connectivity index (χ0) is 94.2. The number of amides is 6. The highest BCUT2D eigenvalue weighted by Gasteiger charge is 2.42. The third kappa shape index (κ3) is 20.0. The first kappa shape index (κ1) is 92.5. The fraction of sp³-hybridized carbons (Fsp3) is 0.343. The summed E-state index contributed by atoms with van der Waals surface area (Å²) < 4.78 is 39.3. The Morgan fingerprint density at radius 3 is 1.01 bits per heavy atom. The molecule has 6 amide bonds. The molecule has 0 aliphatic carbocycles. The quantitative estimate of drug-likeness (QED) is 0.0662. The number of fused-ring (bicyclic) bond motifs is 3. The first-order valence-corrected chi connectivity index (χ1v) is 46.0. The lowest BCUT2D eigenvalue weighted by Crippen LogP contribution is -2.46. The molecule has 700 valence electrons. The van der Waals surface area contributed by atoms with Gasteiger partial charge < -0.3 is 72.8 Å². The number of ether oxygens (including phenoxy) is 7. The zero-order valence-electron chi connectivity index (χ0n) is 79.9. The van der Waals surface area contributed by atoms with Crippen LogP contribution < -0.4 is 82.7 Å². The number of hydrogen-bond donors (Lipinski definition) is 1. The van der Waals surface area contributed by atoms with Gasteiger partial charge in [0.1, 0.15) is 57.8 Å². The van der Waals surface area contributed by atoms with E-state index in [4.69, 9.17) is 58.1 Å². The lowest BCUT2D eigenvalue weighted by Gasteiger charge is -2.37. The number of nitrogens with one attached hydrogen (secondary N) is 1. The minimum atomic E-state index is -0.227. The molecule has 10 heterocycles. The summed E-state index contributed by atoms with van der Waals surface area (Å²) >= 11 is 0. The van der Waals surface area contributed by atoms with Gasteiger partial charge in [-0.2, -0.15) is 4.98 Å². The molecule has 30 nitrogen and oxygen atoms in total. The van der Waals surface area contributed by atoms with Gasteiger partial charge in [0.05, 0.1) is 110 Å². The molecule has 7 aliphatic rings. The number of anilines is 15. The first-order chi connectivity index (χ1) is 65.5. The van der Waals surface area contributed by atoms with E-state index in [1.807, 2.05) is 162 Å². The largest absolute Gasteiger partial charge is 0.497 e. The van der Waals surface area contributed by atoms with Gasteiger partial charge in [0.15, 0.2) is 5.82 Å². The Hall–Kier alpha value is -14.3. The van der Waals surface area contributed by atoms with Gasteiger partial charge in [-0.3, -0.25) is 14.7 Å². The number of aryl methyl sites for hydroxylation is 6. The van der Waals surface area contributed by atoms with Crippen molar-refractivity contribution in [1.82, 2.24) is 44.6 Å². The summed E-state index contributed by atoms with van der Waals surface area (Å²) in [6, 6.07) is 57.7. The highest BCUT2D eigenvalue weighted by molar-refractivity contribution is 6.14. The van der Waals surface area contributed by atoms with Crippen LogP contribution in [0.1, 0.15) is 72.8 Å². The van der Waals surface area contributed by atoms with Crippen LogP contribution in [0.5, 0.6) is 34.5 Å². The monoisotopic (exact) mass is 1820 g/mol. The average Bonchev–Trinajstić information content (AvgIpc) is 0.752. The maximum atomic E-state index is 14.6. The van der Waals surface area contributed by atoms with Crippen molar-refractivity contribution in [3.8, 4) is 34.5 Å². The second-order valence-electron chi connectivity index (χ2n) is 35.3. The van der Waals surface area contributed by atoms with Crippen LogP contribution in [-0.2, 0) is 37.2 Å². The first-order valence-electron chi connectivity index (χ1n) is 46.0. The second kappa shape index (κ2) is 41.0. The summed E-state index contributed by atoms with van der Waals surface area (Å²) in [6.07, 6.45) is 6.60. The van der Waals surface area contributed by atoms with Gasteiger partial charge in [0, 0.05) is 186 Å². The Balaban J connectivity index is 0.000000141. The Morgan fingerprint density at radius 1 is 0.333 bits per heavy atom. The van der Waals surface area contributed by atoms with E-state index in [1.54, 1.807) is 91.6 Å². The number of carbonyl (C=O) groups excluding carboxylic acids is 3. The van der Waals surface area contributed by atoms with Crippen molar-refractivity contribution in [3.63, 3.8) is 0 Å². The summed E-state index contributed by atoms with van der Waals surface area (Å²) in [6.45, 7) is 28.7. The molecule has 0 unspecified atom stereocenters. The number of hydrogen-bond acceptors (Lipinski definition) is 24. The van der Waals surface area contributed by atoms with E-state index >= 15 is 0 Å². The molecule has 0 radical (unpaired) electrons. The number of carbonyl (C=O) groups is 3. The molecule has 30 heteroatoms. The fourth-order valence-corrected chi connectivity index (χ4v) is 18.8. The summed E-state index contributed by atoms with van der Waals surface area (Å²) in [4.78, 5) is 99.8. The molecular formula is C105H120N20O10. The zero-order valence-corrected chi connectivity index (χ0v) is 79.9. The molecular weight excluding hydrogens is 1700 g/mol. The topological polar surface area (TPSA) is 247 Å². The molecule has 0 saturated carbocycles. The molecule has 4 saturated heterocycles. The number of aromatic nitrogens is 6. The van der Waals surface area contributed by atoms with Crippen molar-refractivity contribution in [2.45, 2.75) is 74.0 Å². The van der Waals surface area contributed by atoms with Crippen molar-refractivity contribution in [3.05, 3.63) is 267 Å². The smallest absolute Gasteiger partial charge is 0.335 e. The predicted molar refractivity (Wildman–Crippen MR) is 534 cm³/mol. The van der Waals surface area contributed by atoms with Gasteiger partial charge in [-0.1, -0.05) is 66.7 Å². The molecule has 1 N–H and O–H groups in total. The molecule has 0 bridgehead atoms. The van der Waals surface area contributed by atoms with Gasteiger partial charge in [-0.25, -0.2) is 54.0 Å². The number of para-hydroxylation sites is 3. The van der Waals surface area contributed by atoms with Crippen LogP contribution in [0.3, 0.4) is 0 Å². The van der Waals surface area contributed by atoms with Gasteiger partial charge in [-0.15, -0.1) is 0 Å². The lowest BCUT2D eigenvalue weighted by molar-refractivity contribution is 0.122. The van der Waals surface area contributed by atoms with Gasteiger partial charge in [0.25, 0.3) is 0 Å². The van der Waals surface area contributed by atoms with Gasteiger partial charge >= 0.3 is 18.1 Å². The molecule has 4 fully saturated rings. The molecule has 3 aromatic heterocycles. The molecule has 19 rings (SSSR count). The summed E-state index contributed by atoms with van der Waals surface area (Å²) in [5.74, 6) is 6.75. The molecule has 9 aromatic carbocycles. The number of piperazine rings is 3. The maximum Gasteiger partial charge on any atom is 0.335 e. The molecule has 7 aliphatic heterocycles. The second-order valence-corrected chi connectivity index (χ2v) is 35.3. The highest BCUT2D eigenvalue weighted by Crippen LogP contribution is 2.48. The van der Waals surface area contributed by atoms with Crippen LogP contribution >= 0.6 is 0 Å². The number of benzene rings is 9. The third-order valence-electron chi connectivity index (χ3n) is 26.3. The predicted octanol–water partition coefficient (Wildman–Crippen LogP) is 17.2. The van der Waals surface area contributed by atoms with Crippen molar-refractivity contribution in [1.29, 1.82) is 0 Å². The van der Waals surface area contributed by atoms with Crippen LogP contribution in [0.2, 0.25) is 0 Å². The Labute approximate surface area is 790 Å². The molecule has 0 spiro atoms. The van der Waals surface area contributed by atoms with Gasteiger partial charge in [-0.05, 0) is 198 Å². The van der Waals surface area contributed by atoms with Crippen molar-refractivity contribution >= 4 is 104 Å². The summed E-state index contributed by atoms with van der Waals surface area (Å²) in [7, 11) is 16.1. The van der Waals surface area contributed by atoms with E-state index in [1.165, 1.54) is 22.7 Å². The van der Waals surface area contributed by atoms with E-state index in [9.17, 15) is 14.4 Å². The van der Waals surface area contributed by atoms with E-state index < -0.39 is 0 Å².